The van der Waals surface area contributed by atoms with Crippen LogP contribution in [0.1, 0.15) is 5.56 Å². The molecule has 3 aromatic rings. The molecule has 0 atom stereocenters. The summed E-state index contributed by atoms with van der Waals surface area (Å²) in [6, 6.07) is 17.3. The average molecular weight is 436 g/mol. The summed E-state index contributed by atoms with van der Waals surface area (Å²) in [4.78, 5) is 44.1. The Bertz CT molecular complexity index is 1150. The zero-order chi connectivity index (χ0) is 21.1. The molecule has 0 radical (unpaired) electrons. The number of hydrogen-bond acceptors (Lipinski definition) is 5. The van der Waals surface area contributed by atoms with E-state index in [2.05, 4.69) is 10.3 Å². The summed E-state index contributed by atoms with van der Waals surface area (Å²) in [7, 11) is 0. The Morgan fingerprint density at radius 2 is 1.60 bits per heavy atom. The van der Waals surface area contributed by atoms with Gasteiger partial charge in [0.05, 0.1) is 11.9 Å². The number of benzene rings is 2. The quantitative estimate of drug-likeness (QED) is 0.480. The number of nitrogens with one attached hydrogen (secondary N) is 1. The van der Waals surface area contributed by atoms with Gasteiger partial charge in [0.15, 0.2) is 0 Å². The van der Waals surface area contributed by atoms with E-state index in [0.717, 1.165) is 14.7 Å². The minimum absolute atomic E-state index is 0.128. The van der Waals surface area contributed by atoms with Crippen molar-refractivity contribution in [3.63, 3.8) is 0 Å². The van der Waals surface area contributed by atoms with E-state index < -0.39 is 17.8 Å². The molecule has 4 amide bonds. The lowest BCUT2D eigenvalue weighted by Crippen LogP contribution is -2.54. The topological polar surface area (TPSA) is 79.4 Å². The van der Waals surface area contributed by atoms with Gasteiger partial charge in [-0.2, -0.15) is 0 Å². The van der Waals surface area contributed by atoms with E-state index in [1.807, 2.05) is 36.4 Å². The fourth-order valence-corrected chi connectivity index (χ4v) is 3.76. The number of amides is 4. The van der Waals surface area contributed by atoms with Crippen molar-refractivity contribution in [2.75, 3.05) is 4.90 Å². The molecule has 1 N–H and O–H groups in total. The summed E-state index contributed by atoms with van der Waals surface area (Å²) in [6.45, 7) is 0. The van der Waals surface area contributed by atoms with Crippen molar-refractivity contribution in [1.29, 1.82) is 0 Å². The van der Waals surface area contributed by atoms with Crippen LogP contribution in [0.3, 0.4) is 0 Å². The molecule has 1 aliphatic rings. The number of aromatic nitrogens is 1. The van der Waals surface area contributed by atoms with Crippen LogP contribution in [0.2, 0.25) is 5.02 Å². The summed E-state index contributed by atoms with van der Waals surface area (Å²) in [5.41, 5.74) is 0.819. The Balaban J connectivity index is 1.57. The summed E-state index contributed by atoms with van der Waals surface area (Å²) in [6.07, 6.45) is 4.37. The molecule has 4 rings (SSSR count). The van der Waals surface area contributed by atoms with E-state index >= 15 is 0 Å². The standard InChI is InChI=1S/C22H14ClN3O3S/c23-15-5-9-18(10-6-15)30-17-7-3-14(4-8-17)12-19-20(27)25-22(29)26(21(19)28)16-2-1-11-24-13-16/h1-13H,(H,25,27,29)/b19-12+. The third kappa shape index (κ3) is 4.27. The molecule has 0 unspecified atom stereocenters. The van der Waals surface area contributed by atoms with Gasteiger partial charge in [-0.3, -0.25) is 19.9 Å². The number of rotatable bonds is 4. The van der Waals surface area contributed by atoms with Gasteiger partial charge >= 0.3 is 6.03 Å². The van der Waals surface area contributed by atoms with Crippen molar-refractivity contribution in [1.82, 2.24) is 10.3 Å². The number of nitrogens with zero attached hydrogens (tertiary/aromatic N) is 2. The lowest BCUT2D eigenvalue weighted by atomic mass is 10.1. The summed E-state index contributed by atoms with van der Waals surface area (Å²) >= 11 is 7.47. The molecule has 2 heterocycles. The number of halogens is 1. The lowest BCUT2D eigenvalue weighted by Gasteiger charge is -2.26. The van der Waals surface area contributed by atoms with E-state index in [0.29, 0.717) is 10.6 Å². The lowest BCUT2D eigenvalue weighted by molar-refractivity contribution is -0.122. The average Bonchev–Trinajstić information content (AvgIpc) is 2.74. The van der Waals surface area contributed by atoms with Crippen LogP contribution in [-0.4, -0.2) is 22.8 Å². The van der Waals surface area contributed by atoms with Gasteiger partial charge in [-0.15, -0.1) is 0 Å². The van der Waals surface area contributed by atoms with Crippen molar-refractivity contribution < 1.29 is 14.4 Å². The summed E-state index contributed by atoms with van der Waals surface area (Å²) in [5, 5.41) is 2.87. The number of pyridine rings is 1. The number of anilines is 1. The Labute approximate surface area is 181 Å². The van der Waals surface area contributed by atoms with E-state index in [-0.39, 0.29) is 11.3 Å². The highest BCUT2D eigenvalue weighted by atomic mass is 35.5. The van der Waals surface area contributed by atoms with Gasteiger partial charge in [0, 0.05) is 21.0 Å². The molecule has 8 heteroatoms. The summed E-state index contributed by atoms with van der Waals surface area (Å²) in [5.74, 6) is -1.43. The van der Waals surface area contributed by atoms with Crippen molar-refractivity contribution >= 4 is 53.0 Å². The highest BCUT2D eigenvalue weighted by Crippen LogP contribution is 2.29. The first-order chi connectivity index (χ1) is 14.5. The van der Waals surface area contributed by atoms with Gasteiger partial charge in [0.25, 0.3) is 11.8 Å². The number of urea groups is 1. The zero-order valence-corrected chi connectivity index (χ0v) is 17.0. The molecule has 1 saturated heterocycles. The normalized spacial score (nSPS) is 15.4. The van der Waals surface area contributed by atoms with Gasteiger partial charge in [0.2, 0.25) is 0 Å². The second kappa shape index (κ2) is 8.52. The molecule has 0 aliphatic carbocycles. The predicted octanol–water partition coefficient (Wildman–Crippen LogP) is 4.55. The fraction of sp³-hybridized carbons (Fsp3) is 0. The Morgan fingerprint density at radius 1 is 0.933 bits per heavy atom. The number of barbiturate groups is 1. The fourth-order valence-electron chi connectivity index (χ4n) is 2.82. The highest BCUT2D eigenvalue weighted by molar-refractivity contribution is 7.99. The molecule has 0 bridgehead atoms. The summed E-state index contributed by atoms with van der Waals surface area (Å²) < 4.78 is 0. The van der Waals surface area contributed by atoms with Crippen LogP contribution in [0.4, 0.5) is 10.5 Å². The first kappa shape index (κ1) is 19.9. The van der Waals surface area contributed by atoms with E-state index in [4.69, 9.17) is 11.6 Å². The van der Waals surface area contributed by atoms with Gasteiger partial charge in [-0.1, -0.05) is 35.5 Å². The second-order valence-corrected chi connectivity index (χ2v) is 7.88. The second-order valence-electron chi connectivity index (χ2n) is 6.29. The molecular weight excluding hydrogens is 422 g/mol. The Kier molecular flexibility index (Phi) is 5.65. The zero-order valence-electron chi connectivity index (χ0n) is 15.4. The number of hydrogen-bond donors (Lipinski definition) is 1. The molecule has 0 saturated carbocycles. The monoisotopic (exact) mass is 435 g/mol. The smallest absolute Gasteiger partial charge is 0.273 e. The van der Waals surface area contributed by atoms with Crippen LogP contribution in [0.15, 0.2) is 88.4 Å². The molecule has 1 fully saturated rings. The van der Waals surface area contributed by atoms with Crippen molar-refractivity contribution in [2.45, 2.75) is 9.79 Å². The van der Waals surface area contributed by atoms with Crippen molar-refractivity contribution in [2.24, 2.45) is 0 Å². The van der Waals surface area contributed by atoms with Gasteiger partial charge in [0.1, 0.15) is 5.57 Å². The van der Waals surface area contributed by atoms with Gasteiger partial charge in [-0.05, 0) is 60.2 Å². The number of carbonyl (C=O) groups is 3. The SMILES string of the molecule is O=C1NC(=O)N(c2cccnc2)C(=O)/C1=C/c1ccc(Sc2ccc(Cl)cc2)cc1. The van der Waals surface area contributed by atoms with Crippen LogP contribution >= 0.6 is 23.4 Å². The maximum Gasteiger partial charge on any atom is 0.336 e. The van der Waals surface area contributed by atoms with Crippen molar-refractivity contribution in [3.05, 3.63) is 89.2 Å². The minimum atomic E-state index is -0.801. The van der Waals surface area contributed by atoms with Crippen LogP contribution in [0.5, 0.6) is 0 Å². The minimum Gasteiger partial charge on any atom is -0.273 e. The van der Waals surface area contributed by atoms with Crippen LogP contribution in [-0.2, 0) is 9.59 Å². The Hall–Kier alpha value is -3.42. The first-order valence-corrected chi connectivity index (χ1v) is 10.1. The maximum atomic E-state index is 12.8. The molecule has 148 valence electrons. The largest absolute Gasteiger partial charge is 0.336 e. The van der Waals surface area contributed by atoms with E-state index in [1.165, 1.54) is 18.5 Å². The predicted molar refractivity (Wildman–Crippen MR) is 115 cm³/mol. The van der Waals surface area contributed by atoms with Gasteiger partial charge in [-0.25, -0.2) is 9.69 Å². The van der Waals surface area contributed by atoms with E-state index in [9.17, 15) is 14.4 Å². The third-order valence-corrected chi connectivity index (χ3v) is 5.51. The molecule has 1 aliphatic heterocycles. The molecule has 6 nitrogen and oxygen atoms in total. The molecular formula is C22H14ClN3O3S. The van der Waals surface area contributed by atoms with Gasteiger partial charge < -0.3 is 0 Å². The highest BCUT2D eigenvalue weighted by Gasteiger charge is 2.36. The molecule has 0 spiro atoms. The first-order valence-electron chi connectivity index (χ1n) is 8.86. The Morgan fingerprint density at radius 3 is 2.23 bits per heavy atom. The van der Waals surface area contributed by atoms with Crippen LogP contribution in [0.25, 0.3) is 6.08 Å². The van der Waals surface area contributed by atoms with Crippen LogP contribution < -0.4 is 10.2 Å². The van der Waals surface area contributed by atoms with E-state index in [1.54, 1.807) is 36.0 Å². The number of carbonyl (C=O) groups excluding carboxylic acids is 3. The third-order valence-electron chi connectivity index (χ3n) is 4.25. The molecule has 1 aromatic heterocycles. The molecule has 30 heavy (non-hydrogen) atoms. The van der Waals surface area contributed by atoms with Crippen LogP contribution in [0, 0.1) is 0 Å². The maximum absolute atomic E-state index is 12.8. The molecule has 2 aromatic carbocycles. The van der Waals surface area contributed by atoms with Crippen molar-refractivity contribution in [3.8, 4) is 0 Å². The number of imide groups is 2.